The Balaban J connectivity index is 2.11. The van der Waals surface area contributed by atoms with Crippen LogP contribution < -0.4 is 0 Å². The maximum Gasteiger partial charge on any atom is 0.110 e. The second-order valence-corrected chi connectivity index (χ2v) is 3.59. The number of rotatable bonds is 3. The predicted octanol–water partition coefficient (Wildman–Crippen LogP) is 2.25. The minimum atomic E-state index is 0.682. The van der Waals surface area contributed by atoms with Crippen LogP contribution in [0.25, 0.3) is 0 Å². The van der Waals surface area contributed by atoms with Gasteiger partial charge in [0, 0.05) is 18.3 Å². The molecule has 0 saturated carbocycles. The summed E-state index contributed by atoms with van der Waals surface area (Å²) < 4.78 is 0. The monoisotopic (exact) mass is 210 g/mol. The maximum atomic E-state index is 8.68. The van der Waals surface area contributed by atoms with Gasteiger partial charge in [-0.25, -0.2) is 4.98 Å². The van der Waals surface area contributed by atoms with Crippen molar-refractivity contribution in [2.75, 3.05) is 0 Å². The molecule has 1 N–H and O–H groups in total. The van der Waals surface area contributed by atoms with Crippen molar-refractivity contribution in [2.45, 2.75) is 12.8 Å². The van der Waals surface area contributed by atoms with E-state index in [4.69, 9.17) is 5.26 Å². The van der Waals surface area contributed by atoms with Gasteiger partial charge in [-0.1, -0.05) is 12.1 Å². The molecule has 79 valence electrons. The number of imidazole rings is 1. The lowest BCUT2D eigenvalue weighted by molar-refractivity contribution is 1.01. The van der Waals surface area contributed by atoms with Gasteiger partial charge in [-0.15, -0.1) is 0 Å². The van der Waals surface area contributed by atoms with Gasteiger partial charge in [0.1, 0.15) is 5.82 Å². The highest BCUT2D eigenvalue weighted by molar-refractivity contribution is 5.32. The van der Waals surface area contributed by atoms with Crippen molar-refractivity contribution in [3.63, 3.8) is 0 Å². The van der Waals surface area contributed by atoms with Crippen molar-refractivity contribution >= 4 is 0 Å². The minimum absolute atomic E-state index is 0.682. The second kappa shape index (κ2) is 4.63. The number of nitrogens with one attached hydrogen (secondary N) is 1. The molecule has 2 rings (SSSR count). The summed E-state index contributed by atoms with van der Waals surface area (Å²) in [5.41, 5.74) is 2.87. The van der Waals surface area contributed by atoms with Gasteiger partial charge in [0.2, 0.25) is 0 Å². The van der Waals surface area contributed by atoms with Gasteiger partial charge in [0.25, 0.3) is 0 Å². The fraction of sp³-hybridized carbons (Fsp3) is 0.154. The third-order valence-electron chi connectivity index (χ3n) is 2.41. The van der Waals surface area contributed by atoms with E-state index >= 15 is 0 Å². The highest BCUT2D eigenvalue weighted by Gasteiger charge is 2.01. The maximum absolute atomic E-state index is 8.68. The van der Waals surface area contributed by atoms with E-state index in [0.717, 1.165) is 29.9 Å². The van der Waals surface area contributed by atoms with Crippen molar-refractivity contribution in [3.8, 4) is 6.07 Å². The van der Waals surface area contributed by atoms with E-state index in [1.165, 1.54) is 0 Å². The molecule has 0 fully saturated rings. The molecule has 1 radical (unpaired) electrons. The first kappa shape index (κ1) is 10.4. The third-order valence-corrected chi connectivity index (χ3v) is 2.41. The number of hydrogen-bond acceptors (Lipinski definition) is 2. The summed E-state index contributed by atoms with van der Waals surface area (Å²) in [6.45, 7) is 3.79. The average Bonchev–Trinajstić information content (AvgIpc) is 2.78. The molecule has 0 aliphatic carbocycles. The molecule has 0 bridgehead atoms. The normalized spacial score (nSPS) is 10.0. The molecule has 0 unspecified atom stereocenters. The Bertz CT molecular complexity index is 503. The molecule has 1 aromatic carbocycles. The molecule has 0 saturated heterocycles. The molecule has 1 heterocycles. The second-order valence-electron chi connectivity index (χ2n) is 3.59. The number of nitrogens with zero attached hydrogens (tertiary/aromatic N) is 2. The van der Waals surface area contributed by atoms with Crippen molar-refractivity contribution in [2.24, 2.45) is 0 Å². The fourth-order valence-corrected chi connectivity index (χ4v) is 1.51. The zero-order chi connectivity index (χ0) is 11.4. The Morgan fingerprint density at radius 3 is 2.62 bits per heavy atom. The van der Waals surface area contributed by atoms with Crippen molar-refractivity contribution in [3.05, 3.63) is 60.0 Å². The van der Waals surface area contributed by atoms with Gasteiger partial charge < -0.3 is 4.98 Å². The molecule has 0 amide bonds. The molecule has 1 aromatic heterocycles. The lowest BCUT2D eigenvalue weighted by atomic mass is 10.1. The molecule has 3 heteroatoms. The van der Waals surface area contributed by atoms with Crippen LogP contribution in [0.5, 0.6) is 0 Å². The number of aromatic amines is 1. The van der Waals surface area contributed by atoms with Crippen LogP contribution in [0.15, 0.2) is 30.5 Å². The third kappa shape index (κ3) is 2.29. The SMILES string of the molecule is [CH2]Cc1cnc(Cc2ccc(C#N)cc2)[nH]1. The molecular weight excluding hydrogens is 198 g/mol. The average molecular weight is 210 g/mol. The smallest absolute Gasteiger partial charge is 0.110 e. The number of aromatic nitrogens is 2. The number of nitriles is 1. The van der Waals surface area contributed by atoms with Crippen LogP contribution in [0.4, 0.5) is 0 Å². The zero-order valence-electron chi connectivity index (χ0n) is 8.90. The molecular formula is C13H12N3. The standard InChI is InChI=1S/C13H12N3/c1-2-12-9-15-13(16-12)7-10-3-5-11(8-14)6-4-10/h3-6,9H,1-2,7H2,(H,15,16). The van der Waals surface area contributed by atoms with Crippen molar-refractivity contribution in [1.82, 2.24) is 9.97 Å². The van der Waals surface area contributed by atoms with Crippen LogP contribution >= 0.6 is 0 Å². The summed E-state index contributed by atoms with van der Waals surface area (Å²) in [5.74, 6) is 0.934. The summed E-state index contributed by atoms with van der Waals surface area (Å²) in [6.07, 6.45) is 3.29. The molecule has 3 nitrogen and oxygen atoms in total. The van der Waals surface area contributed by atoms with E-state index in [0.29, 0.717) is 5.56 Å². The predicted molar refractivity (Wildman–Crippen MR) is 61.6 cm³/mol. The highest BCUT2D eigenvalue weighted by Crippen LogP contribution is 2.08. The number of benzene rings is 1. The summed E-state index contributed by atoms with van der Waals surface area (Å²) in [6, 6.07) is 9.64. The zero-order valence-corrected chi connectivity index (χ0v) is 8.90. The fourth-order valence-electron chi connectivity index (χ4n) is 1.51. The Kier molecular flexibility index (Phi) is 3.02. The molecule has 0 spiro atoms. The lowest BCUT2D eigenvalue weighted by Gasteiger charge is -1.98. The molecule has 0 atom stereocenters. The first-order valence-corrected chi connectivity index (χ1v) is 5.13. The Hall–Kier alpha value is -2.08. The van der Waals surface area contributed by atoms with Crippen molar-refractivity contribution < 1.29 is 0 Å². The van der Waals surface area contributed by atoms with Crippen LogP contribution in [0.3, 0.4) is 0 Å². The van der Waals surface area contributed by atoms with E-state index in [2.05, 4.69) is 23.0 Å². The first-order chi connectivity index (χ1) is 7.81. The van der Waals surface area contributed by atoms with Gasteiger partial charge in [0.15, 0.2) is 0 Å². The van der Waals surface area contributed by atoms with Gasteiger partial charge in [-0.05, 0) is 31.0 Å². The quantitative estimate of drug-likeness (QED) is 0.844. The molecule has 0 aliphatic rings. The lowest BCUT2D eigenvalue weighted by Crippen LogP contribution is -1.91. The Labute approximate surface area is 94.8 Å². The largest absolute Gasteiger partial charge is 0.346 e. The Morgan fingerprint density at radius 1 is 1.31 bits per heavy atom. The summed E-state index contributed by atoms with van der Waals surface area (Å²) in [4.78, 5) is 7.47. The van der Waals surface area contributed by atoms with Gasteiger partial charge in [-0.2, -0.15) is 5.26 Å². The van der Waals surface area contributed by atoms with Crippen LogP contribution in [0.2, 0.25) is 0 Å². The topological polar surface area (TPSA) is 52.5 Å². The molecule has 2 aromatic rings. The van der Waals surface area contributed by atoms with Gasteiger partial charge >= 0.3 is 0 Å². The summed E-state index contributed by atoms with van der Waals surface area (Å²) >= 11 is 0. The summed E-state index contributed by atoms with van der Waals surface area (Å²) in [5, 5.41) is 8.68. The first-order valence-electron chi connectivity index (χ1n) is 5.13. The van der Waals surface area contributed by atoms with E-state index in [1.54, 1.807) is 0 Å². The van der Waals surface area contributed by atoms with E-state index in [-0.39, 0.29) is 0 Å². The van der Waals surface area contributed by atoms with Crippen LogP contribution in [-0.2, 0) is 12.8 Å². The molecule has 0 aliphatic heterocycles. The summed E-state index contributed by atoms with van der Waals surface area (Å²) in [7, 11) is 0. The Morgan fingerprint density at radius 2 is 2.06 bits per heavy atom. The number of H-pyrrole nitrogens is 1. The van der Waals surface area contributed by atoms with E-state index in [1.807, 2.05) is 30.5 Å². The van der Waals surface area contributed by atoms with E-state index in [9.17, 15) is 0 Å². The number of hydrogen-bond donors (Lipinski definition) is 1. The van der Waals surface area contributed by atoms with E-state index < -0.39 is 0 Å². The highest BCUT2D eigenvalue weighted by atomic mass is 14.9. The van der Waals surface area contributed by atoms with Crippen molar-refractivity contribution in [1.29, 1.82) is 5.26 Å². The van der Waals surface area contributed by atoms with Gasteiger partial charge in [-0.3, -0.25) is 0 Å². The van der Waals surface area contributed by atoms with Crippen LogP contribution in [0, 0.1) is 18.3 Å². The van der Waals surface area contributed by atoms with Crippen LogP contribution in [0.1, 0.15) is 22.6 Å². The van der Waals surface area contributed by atoms with Crippen LogP contribution in [-0.4, -0.2) is 9.97 Å². The molecule has 16 heavy (non-hydrogen) atoms. The minimum Gasteiger partial charge on any atom is -0.346 e. The van der Waals surface area contributed by atoms with Gasteiger partial charge in [0.05, 0.1) is 11.6 Å².